The van der Waals surface area contributed by atoms with Gasteiger partial charge in [-0.15, -0.1) is 0 Å². The number of rotatable bonds is 31. The zero-order chi connectivity index (χ0) is 41.3. The van der Waals surface area contributed by atoms with Crippen molar-refractivity contribution in [3.05, 3.63) is 102 Å². The molecule has 1 aromatic rings. The molecule has 2 amide bonds. The van der Waals surface area contributed by atoms with Gasteiger partial charge in [-0.05, 0) is 102 Å². The van der Waals surface area contributed by atoms with Gasteiger partial charge < -0.3 is 30.3 Å². The Bertz CT molecular complexity index is 1420. The van der Waals surface area contributed by atoms with Crippen molar-refractivity contribution in [3.63, 3.8) is 0 Å². The quantitative estimate of drug-likeness (QED) is 0.0337. The third kappa shape index (κ3) is 25.0. The standard InChI is InChI=1S/C47H72N2O7/c1-6-7-8-9-10-11-12-13-14-15-16-17-18-19-20-21-22-23-24-26-44(52)48-32-29-42(45(53)56-38-41(36-50)37-51)30-33-49-46(54)47(4,5)31-25-34-55-43-35-39(2)27-28-40(43)3/h7-8,10-11,13-14,16-17,19-20,22-23,27-28,35,41-42,50-51H,6,9,12,15,18,21,24-26,29-34,36-38H2,1-5H3,(H,48,52)(H,49,54). The molecule has 4 N–H and O–H groups in total. The Labute approximate surface area is 338 Å². The van der Waals surface area contributed by atoms with Crippen LogP contribution in [0.1, 0.15) is 109 Å². The Kier molecular flexibility index (Phi) is 28.4. The third-order valence-corrected chi connectivity index (χ3v) is 9.20. The van der Waals surface area contributed by atoms with Crippen LogP contribution < -0.4 is 15.4 Å². The van der Waals surface area contributed by atoms with E-state index in [0.717, 1.165) is 55.4 Å². The topological polar surface area (TPSA) is 134 Å². The lowest BCUT2D eigenvalue weighted by Gasteiger charge is -2.24. The maximum absolute atomic E-state index is 13.1. The summed E-state index contributed by atoms with van der Waals surface area (Å²) in [7, 11) is 0. The number of ether oxygens (including phenoxy) is 2. The summed E-state index contributed by atoms with van der Waals surface area (Å²) in [6.45, 7) is 10.3. The van der Waals surface area contributed by atoms with Crippen LogP contribution in [0.2, 0.25) is 0 Å². The normalized spacial score (nSPS) is 13.0. The molecular weight excluding hydrogens is 705 g/mol. The van der Waals surface area contributed by atoms with E-state index < -0.39 is 23.2 Å². The number of hydrogen-bond donors (Lipinski definition) is 4. The van der Waals surface area contributed by atoms with Gasteiger partial charge in [0, 0.05) is 30.8 Å². The Morgan fingerprint density at radius 2 is 1.30 bits per heavy atom. The maximum atomic E-state index is 13.1. The highest BCUT2D eigenvalue weighted by atomic mass is 16.5. The van der Waals surface area contributed by atoms with Crippen molar-refractivity contribution in [1.29, 1.82) is 0 Å². The molecule has 0 spiro atoms. The van der Waals surface area contributed by atoms with Gasteiger partial charge in [0.1, 0.15) is 5.75 Å². The highest BCUT2D eigenvalue weighted by Crippen LogP contribution is 2.24. The van der Waals surface area contributed by atoms with E-state index in [0.29, 0.717) is 45.1 Å². The largest absolute Gasteiger partial charge is 0.493 e. The maximum Gasteiger partial charge on any atom is 0.309 e. The van der Waals surface area contributed by atoms with E-state index in [-0.39, 0.29) is 44.7 Å². The van der Waals surface area contributed by atoms with Crippen molar-refractivity contribution in [2.24, 2.45) is 17.3 Å². The lowest BCUT2D eigenvalue weighted by Crippen LogP contribution is -2.39. The van der Waals surface area contributed by atoms with Crippen LogP contribution in [0.4, 0.5) is 0 Å². The first kappa shape index (κ1) is 49.8. The van der Waals surface area contributed by atoms with E-state index >= 15 is 0 Å². The monoisotopic (exact) mass is 777 g/mol. The number of nitrogens with one attached hydrogen (secondary N) is 2. The number of aliphatic hydroxyl groups is 2. The highest BCUT2D eigenvalue weighted by Gasteiger charge is 2.28. The summed E-state index contributed by atoms with van der Waals surface area (Å²) in [5.74, 6) is -0.982. The molecule has 9 heteroatoms. The molecule has 0 aliphatic heterocycles. The van der Waals surface area contributed by atoms with Gasteiger partial charge in [0.2, 0.25) is 11.8 Å². The third-order valence-electron chi connectivity index (χ3n) is 9.20. The van der Waals surface area contributed by atoms with Crippen molar-refractivity contribution in [1.82, 2.24) is 10.6 Å². The minimum Gasteiger partial charge on any atom is -0.493 e. The van der Waals surface area contributed by atoms with Gasteiger partial charge in [-0.25, -0.2) is 0 Å². The summed E-state index contributed by atoms with van der Waals surface area (Å²) in [4.78, 5) is 38.5. The number of carbonyl (C=O) groups is 3. The number of aryl methyl sites for hydroxylation is 2. The summed E-state index contributed by atoms with van der Waals surface area (Å²) in [5.41, 5.74) is 1.57. The first-order chi connectivity index (χ1) is 27.0. The number of allylic oxidation sites excluding steroid dienone is 12. The average Bonchev–Trinajstić information content (AvgIpc) is 3.18. The van der Waals surface area contributed by atoms with E-state index in [1.165, 1.54) is 0 Å². The fourth-order valence-corrected chi connectivity index (χ4v) is 5.46. The number of carbonyl (C=O) groups excluding carboxylic acids is 3. The first-order valence-corrected chi connectivity index (χ1v) is 20.6. The molecule has 0 heterocycles. The Morgan fingerprint density at radius 3 is 1.86 bits per heavy atom. The van der Waals surface area contributed by atoms with E-state index in [2.05, 4.69) is 84.4 Å². The second-order valence-corrected chi connectivity index (χ2v) is 14.8. The van der Waals surface area contributed by atoms with Crippen LogP contribution in [0.5, 0.6) is 5.75 Å². The van der Waals surface area contributed by atoms with Gasteiger partial charge >= 0.3 is 5.97 Å². The molecule has 1 atom stereocenters. The predicted molar refractivity (Wildman–Crippen MR) is 229 cm³/mol. The van der Waals surface area contributed by atoms with Crippen LogP contribution in [0.25, 0.3) is 0 Å². The van der Waals surface area contributed by atoms with Crippen LogP contribution in [0.15, 0.2) is 91.1 Å². The molecule has 56 heavy (non-hydrogen) atoms. The summed E-state index contributed by atoms with van der Waals surface area (Å²) in [6, 6.07) is 6.10. The van der Waals surface area contributed by atoms with Crippen molar-refractivity contribution in [3.8, 4) is 5.75 Å². The summed E-state index contributed by atoms with van der Waals surface area (Å²) in [6.07, 6.45) is 34.4. The molecule has 0 radical (unpaired) electrons. The SMILES string of the molecule is CCC=CCC=CCC=CCC=CCC=CCC=CCCC(=O)NCCC(CCNC(=O)C(C)(C)CCCOc1cc(C)ccc1C)C(=O)OCC(CO)CO. The van der Waals surface area contributed by atoms with Crippen LogP contribution in [-0.2, 0) is 19.1 Å². The zero-order valence-electron chi connectivity index (χ0n) is 35.0. The molecule has 1 aromatic carbocycles. The van der Waals surface area contributed by atoms with Crippen LogP contribution in [0.3, 0.4) is 0 Å². The predicted octanol–water partition coefficient (Wildman–Crippen LogP) is 8.74. The Hall–Kier alpha value is -4.21. The fraction of sp³-hybridized carbons (Fsp3) is 0.553. The lowest BCUT2D eigenvalue weighted by molar-refractivity contribution is -0.151. The van der Waals surface area contributed by atoms with Crippen molar-refractivity contribution >= 4 is 17.8 Å². The molecule has 9 nitrogen and oxygen atoms in total. The number of hydrogen-bond acceptors (Lipinski definition) is 7. The minimum atomic E-state index is -0.631. The lowest BCUT2D eigenvalue weighted by atomic mass is 9.86. The molecule has 1 unspecified atom stereocenters. The molecule has 0 bridgehead atoms. The molecule has 312 valence electrons. The van der Waals surface area contributed by atoms with E-state index in [4.69, 9.17) is 9.47 Å². The van der Waals surface area contributed by atoms with Gasteiger partial charge in [-0.3, -0.25) is 14.4 Å². The van der Waals surface area contributed by atoms with Crippen molar-refractivity contribution in [2.45, 2.75) is 112 Å². The van der Waals surface area contributed by atoms with Crippen molar-refractivity contribution in [2.75, 3.05) is 39.5 Å². The summed E-state index contributed by atoms with van der Waals surface area (Å²) in [5, 5.41) is 24.6. The van der Waals surface area contributed by atoms with Gasteiger partial charge in [0.05, 0.1) is 32.3 Å². The molecule has 0 aliphatic carbocycles. The van der Waals surface area contributed by atoms with Gasteiger partial charge in [-0.2, -0.15) is 0 Å². The molecule has 0 fully saturated rings. The van der Waals surface area contributed by atoms with Gasteiger partial charge in [-0.1, -0.05) is 106 Å². The summed E-state index contributed by atoms with van der Waals surface area (Å²) < 4.78 is 11.4. The number of aliphatic hydroxyl groups excluding tert-OH is 2. The molecule has 0 aromatic heterocycles. The van der Waals surface area contributed by atoms with Crippen LogP contribution in [-0.4, -0.2) is 67.5 Å². The molecular formula is C47H72N2O7. The highest BCUT2D eigenvalue weighted by molar-refractivity contribution is 5.81. The van der Waals surface area contributed by atoms with E-state index in [1.54, 1.807) is 0 Å². The number of esters is 1. The Morgan fingerprint density at radius 1 is 0.768 bits per heavy atom. The van der Waals surface area contributed by atoms with Crippen molar-refractivity contribution < 1.29 is 34.1 Å². The molecule has 0 aliphatic rings. The molecule has 0 saturated carbocycles. The smallest absolute Gasteiger partial charge is 0.309 e. The van der Waals surface area contributed by atoms with Gasteiger partial charge in [0.25, 0.3) is 0 Å². The zero-order valence-corrected chi connectivity index (χ0v) is 35.0. The average molecular weight is 777 g/mol. The van der Waals surface area contributed by atoms with Crippen LogP contribution >= 0.6 is 0 Å². The van der Waals surface area contributed by atoms with Gasteiger partial charge in [0.15, 0.2) is 0 Å². The van der Waals surface area contributed by atoms with E-state index in [9.17, 15) is 24.6 Å². The molecule has 1 rings (SSSR count). The Balaban J connectivity index is 2.40. The first-order valence-electron chi connectivity index (χ1n) is 20.6. The number of benzene rings is 1. The van der Waals surface area contributed by atoms with E-state index in [1.807, 2.05) is 52.0 Å². The molecule has 0 saturated heterocycles. The summed E-state index contributed by atoms with van der Waals surface area (Å²) >= 11 is 0. The fourth-order valence-electron chi connectivity index (χ4n) is 5.46. The second kappa shape index (κ2) is 31.9. The van der Waals surface area contributed by atoms with Crippen LogP contribution in [0, 0.1) is 31.1 Å². The second-order valence-electron chi connectivity index (χ2n) is 14.8. The minimum absolute atomic E-state index is 0.103. The number of amides is 2.